The molecule has 6 nitrogen and oxygen atoms in total. The Morgan fingerprint density at radius 3 is 2.68 bits per heavy atom. The third-order valence-corrected chi connectivity index (χ3v) is 4.46. The highest BCUT2D eigenvalue weighted by molar-refractivity contribution is 6.18. The lowest BCUT2D eigenvalue weighted by Crippen LogP contribution is -2.24. The van der Waals surface area contributed by atoms with E-state index in [1.54, 1.807) is 24.3 Å². The van der Waals surface area contributed by atoms with E-state index in [2.05, 4.69) is 10.4 Å². The number of nitrogens with zero attached hydrogens (tertiary/aromatic N) is 2. The summed E-state index contributed by atoms with van der Waals surface area (Å²) in [6.07, 6.45) is 0. The van der Waals surface area contributed by atoms with Gasteiger partial charge in [-0.25, -0.2) is 4.39 Å². The van der Waals surface area contributed by atoms with Gasteiger partial charge in [0.1, 0.15) is 5.82 Å². The van der Waals surface area contributed by atoms with Crippen LogP contribution in [0.25, 0.3) is 22.2 Å². The molecule has 0 spiro atoms. The number of amides is 1. The monoisotopic (exact) mass is 337 g/mol. The van der Waals surface area contributed by atoms with Crippen molar-refractivity contribution in [3.05, 3.63) is 59.4 Å². The Labute approximate surface area is 142 Å². The first-order chi connectivity index (χ1) is 12.1. The zero-order valence-electron chi connectivity index (χ0n) is 13.3. The first-order valence-corrected chi connectivity index (χ1v) is 7.85. The molecule has 4 rings (SSSR count). The molecule has 1 aromatic heterocycles. The van der Waals surface area contributed by atoms with Crippen molar-refractivity contribution in [2.45, 2.75) is 6.54 Å². The molecule has 126 valence electrons. The van der Waals surface area contributed by atoms with Crippen molar-refractivity contribution in [3.63, 3.8) is 0 Å². The third kappa shape index (κ3) is 2.24. The molecular weight excluding hydrogens is 321 g/mol. The number of nitrogens with two attached hydrogens (primary N) is 2. The van der Waals surface area contributed by atoms with Gasteiger partial charge in [-0.1, -0.05) is 12.1 Å². The van der Waals surface area contributed by atoms with Crippen molar-refractivity contribution in [2.75, 3.05) is 6.54 Å². The number of hydrazone groups is 1. The summed E-state index contributed by atoms with van der Waals surface area (Å²) in [5.74, 6) is 5.15. The summed E-state index contributed by atoms with van der Waals surface area (Å²) in [4.78, 5) is 12.4. The Hall–Kier alpha value is -3.35. The maximum atomic E-state index is 13.4. The van der Waals surface area contributed by atoms with Gasteiger partial charge in [0, 0.05) is 18.5 Å². The molecule has 2 heterocycles. The number of carbonyl (C=O) groups excluding carboxylic acids is 1. The van der Waals surface area contributed by atoms with Gasteiger partial charge < -0.3 is 21.5 Å². The number of aromatic nitrogens is 1. The van der Waals surface area contributed by atoms with Crippen LogP contribution in [-0.4, -0.2) is 22.9 Å². The van der Waals surface area contributed by atoms with E-state index in [0.717, 1.165) is 22.2 Å². The Kier molecular flexibility index (Phi) is 3.42. The highest BCUT2D eigenvalue weighted by Gasteiger charge is 2.26. The van der Waals surface area contributed by atoms with Gasteiger partial charge in [0.05, 0.1) is 22.3 Å². The number of carbonyl (C=O) groups is 1. The van der Waals surface area contributed by atoms with Crippen LogP contribution >= 0.6 is 0 Å². The number of hydrogen-bond donors (Lipinski definition) is 3. The Balaban J connectivity index is 2.16. The van der Waals surface area contributed by atoms with Crippen LogP contribution in [0.15, 0.2) is 47.6 Å². The molecule has 0 aliphatic carbocycles. The summed E-state index contributed by atoms with van der Waals surface area (Å²) in [5, 5.41) is 7.33. The number of benzene rings is 2. The molecule has 0 saturated carbocycles. The maximum Gasteiger partial charge on any atom is 0.253 e. The minimum atomic E-state index is -0.324. The summed E-state index contributed by atoms with van der Waals surface area (Å²) < 4.78 is 15.4. The predicted molar refractivity (Wildman–Crippen MR) is 94.6 cm³/mol. The third-order valence-electron chi connectivity index (χ3n) is 4.46. The maximum absolute atomic E-state index is 13.4. The van der Waals surface area contributed by atoms with Crippen LogP contribution in [0.3, 0.4) is 0 Å². The SMILES string of the molecule is N/N=C(\N)c1c(-c2ccc(F)cc2)n2c3c(cccc13)C(=O)NCC2. The Bertz CT molecular complexity index is 1020. The van der Waals surface area contributed by atoms with E-state index in [1.807, 2.05) is 10.6 Å². The fraction of sp³-hybridized carbons (Fsp3) is 0.111. The molecule has 1 aliphatic heterocycles. The second-order valence-corrected chi connectivity index (χ2v) is 5.85. The molecule has 1 amide bonds. The molecule has 0 atom stereocenters. The number of rotatable bonds is 2. The van der Waals surface area contributed by atoms with E-state index < -0.39 is 0 Å². The number of hydrogen-bond acceptors (Lipinski definition) is 3. The van der Waals surface area contributed by atoms with E-state index in [0.29, 0.717) is 24.2 Å². The summed E-state index contributed by atoms with van der Waals surface area (Å²) in [5.41, 5.74) is 9.62. The lowest BCUT2D eigenvalue weighted by molar-refractivity contribution is 0.0956. The van der Waals surface area contributed by atoms with E-state index in [-0.39, 0.29) is 17.6 Å². The fourth-order valence-electron chi connectivity index (χ4n) is 3.43. The largest absolute Gasteiger partial charge is 0.382 e. The molecule has 0 unspecified atom stereocenters. The summed E-state index contributed by atoms with van der Waals surface area (Å²) >= 11 is 0. The predicted octanol–water partition coefficient (Wildman–Crippen LogP) is 1.77. The Morgan fingerprint density at radius 2 is 1.96 bits per heavy atom. The summed E-state index contributed by atoms with van der Waals surface area (Å²) in [6, 6.07) is 11.6. The molecule has 25 heavy (non-hydrogen) atoms. The van der Waals surface area contributed by atoms with Crippen molar-refractivity contribution in [3.8, 4) is 11.3 Å². The van der Waals surface area contributed by atoms with Crippen LogP contribution in [-0.2, 0) is 6.54 Å². The summed E-state index contributed by atoms with van der Waals surface area (Å²) in [6.45, 7) is 1.04. The van der Waals surface area contributed by atoms with Crippen molar-refractivity contribution in [1.82, 2.24) is 9.88 Å². The van der Waals surface area contributed by atoms with Gasteiger partial charge in [-0.15, -0.1) is 0 Å². The highest BCUT2D eigenvalue weighted by Crippen LogP contribution is 2.36. The van der Waals surface area contributed by atoms with E-state index in [4.69, 9.17) is 11.6 Å². The van der Waals surface area contributed by atoms with Gasteiger partial charge in [-0.05, 0) is 35.9 Å². The minimum absolute atomic E-state index is 0.137. The molecule has 0 bridgehead atoms. The smallest absolute Gasteiger partial charge is 0.253 e. The normalized spacial score (nSPS) is 14.4. The molecule has 1 aliphatic rings. The quantitative estimate of drug-likeness (QED) is 0.288. The second-order valence-electron chi connectivity index (χ2n) is 5.85. The summed E-state index contributed by atoms with van der Waals surface area (Å²) in [7, 11) is 0. The number of nitrogens with one attached hydrogen (secondary N) is 1. The van der Waals surface area contributed by atoms with Gasteiger partial charge in [-0.3, -0.25) is 4.79 Å². The van der Waals surface area contributed by atoms with Crippen LogP contribution in [0.2, 0.25) is 0 Å². The molecule has 0 radical (unpaired) electrons. The zero-order chi connectivity index (χ0) is 17.6. The van der Waals surface area contributed by atoms with E-state index in [9.17, 15) is 9.18 Å². The number of halogens is 1. The van der Waals surface area contributed by atoms with Crippen molar-refractivity contribution in [2.24, 2.45) is 16.7 Å². The van der Waals surface area contributed by atoms with Crippen LogP contribution in [0.5, 0.6) is 0 Å². The first-order valence-electron chi connectivity index (χ1n) is 7.85. The molecule has 0 fully saturated rings. The molecule has 5 N–H and O–H groups in total. The zero-order valence-corrected chi connectivity index (χ0v) is 13.3. The fourth-order valence-corrected chi connectivity index (χ4v) is 3.43. The van der Waals surface area contributed by atoms with Gasteiger partial charge in [0.15, 0.2) is 5.84 Å². The topological polar surface area (TPSA) is 98.4 Å². The van der Waals surface area contributed by atoms with Crippen LogP contribution < -0.4 is 16.9 Å². The van der Waals surface area contributed by atoms with Gasteiger partial charge in [0.25, 0.3) is 5.91 Å². The van der Waals surface area contributed by atoms with Gasteiger partial charge in [-0.2, -0.15) is 5.10 Å². The molecule has 0 saturated heterocycles. The molecule has 7 heteroatoms. The number of amidine groups is 1. The minimum Gasteiger partial charge on any atom is -0.382 e. The molecule has 3 aromatic rings. The average Bonchev–Trinajstić information content (AvgIpc) is 2.86. The second kappa shape index (κ2) is 5.62. The number of para-hydroxylation sites is 1. The van der Waals surface area contributed by atoms with Crippen LogP contribution in [0, 0.1) is 5.82 Å². The van der Waals surface area contributed by atoms with E-state index in [1.165, 1.54) is 12.1 Å². The first kappa shape index (κ1) is 15.2. The van der Waals surface area contributed by atoms with E-state index >= 15 is 0 Å². The van der Waals surface area contributed by atoms with Crippen molar-refractivity contribution >= 4 is 22.6 Å². The van der Waals surface area contributed by atoms with Gasteiger partial charge in [0.2, 0.25) is 0 Å². The lowest BCUT2D eigenvalue weighted by Gasteiger charge is -2.11. The lowest BCUT2D eigenvalue weighted by atomic mass is 10.0. The van der Waals surface area contributed by atoms with Crippen LogP contribution in [0.1, 0.15) is 15.9 Å². The molecule has 2 aromatic carbocycles. The highest BCUT2D eigenvalue weighted by atomic mass is 19.1. The average molecular weight is 337 g/mol. The van der Waals surface area contributed by atoms with Crippen molar-refractivity contribution < 1.29 is 9.18 Å². The Morgan fingerprint density at radius 1 is 1.20 bits per heavy atom. The van der Waals surface area contributed by atoms with Crippen molar-refractivity contribution in [1.29, 1.82) is 0 Å². The standard InChI is InChI=1S/C18H16FN5O/c19-11-6-4-10(5-7-11)15-14(17(20)23-21)12-2-1-3-13-16(12)24(15)9-8-22-18(13)25/h1-7H,8-9,21H2,(H2,20,23)(H,22,25). The van der Waals surface area contributed by atoms with Gasteiger partial charge >= 0.3 is 0 Å². The molecular formula is C18H16FN5O. The van der Waals surface area contributed by atoms with Crippen LogP contribution in [0.4, 0.5) is 4.39 Å².